The maximum Gasteiger partial charge on any atom is 0.133 e. The standard InChI is InChI=1S/C15H26O/c1-14-11-9-7-5-3-2-4-6-8-10-12-15(16)13-14/h7,9,14H,2-6,8,10-13H2,1H3/b9-7-/t14-/m1/s1. The fraction of sp³-hybridized carbons (Fsp3) is 0.800. The first-order chi connectivity index (χ1) is 7.79. The summed E-state index contributed by atoms with van der Waals surface area (Å²) in [7, 11) is 0. The first-order valence-electron chi connectivity index (χ1n) is 6.95. The first-order valence-corrected chi connectivity index (χ1v) is 6.95. The number of hydrogen-bond acceptors (Lipinski definition) is 1. The second-order valence-corrected chi connectivity index (χ2v) is 5.22. The summed E-state index contributed by atoms with van der Waals surface area (Å²) < 4.78 is 0. The summed E-state index contributed by atoms with van der Waals surface area (Å²) in [4.78, 5) is 11.6. The van der Waals surface area contributed by atoms with Gasteiger partial charge in [-0.25, -0.2) is 0 Å². The zero-order valence-electron chi connectivity index (χ0n) is 10.7. The molecule has 0 amide bonds. The first kappa shape index (κ1) is 13.5. The number of allylic oxidation sites excluding steroid dienone is 2. The van der Waals surface area contributed by atoms with Gasteiger partial charge in [0, 0.05) is 12.8 Å². The van der Waals surface area contributed by atoms with Crippen LogP contribution in [-0.4, -0.2) is 5.78 Å². The van der Waals surface area contributed by atoms with Crippen LogP contribution in [0.2, 0.25) is 0 Å². The topological polar surface area (TPSA) is 17.1 Å². The molecular formula is C15H26O. The molecule has 0 heterocycles. The summed E-state index contributed by atoms with van der Waals surface area (Å²) in [5.74, 6) is 1.00. The quantitative estimate of drug-likeness (QED) is 0.545. The van der Waals surface area contributed by atoms with E-state index in [-0.39, 0.29) is 0 Å². The van der Waals surface area contributed by atoms with E-state index in [1.54, 1.807) is 0 Å². The molecule has 92 valence electrons. The van der Waals surface area contributed by atoms with Crippen molar-refractivity contribution in [2.24, 2.45) is 5.92 Å². The SMILES string of the molecule is C[C@@H]1C/C=C\CCCCCCCCC(=O)C1. The monoisotopic (exact) mass is 222 g/mol. The van der Waals surface area contributed by atoms with Gasteiger partial charge in [0.25, 0.3) is 0 Å². The van der Waals surface area contributed by atoms with Crippen molar-refractivity contribution in [3.63, 3.8) is 0 Å². The average Bonchev–Trinajstić information content (AvgIpc) is 2.25. The van der Waals surface area contributed by atoms with E-state index in [1.165, 1.54) is 38.5 Å². The molecule has 0 aromatic heterocycles. The molecule has 1 aliphatic rings. The largest absolute Gasteiger partial charge is 0.300 e. The van der Waals surface area contributed by atoms with Crippen molar-refractivity contribution in [3.8, 4) is 0 Å². The number of carbonyl (C=O) groups is 1. The van der Waals surface area contributed by atoms with Gasteiger partial charge >= 0.3 is 0 Å². The molecule has 0 unspecified atom stereocenters. The Bertz CT molecular complexity index is 217. The molecule has 1 atom stereocenters. The normalized spacial score (nSPS) is 28.3. The van der Waals surface area contributed by atoms with Crippen LogP contribution in [0.5, 0.6) is 0 Å². The Morgan fingerprint density at radius 3 is 2.50 bits per heavy atom. The molecule has 0 aromatic carbocycles. The van der Waals surface area contributed by atoms with Gasteiger partial charge in [-0.05, 0) is 31.6 Å². The Hall–Kier alpha value is -0.590. The minimum atomic E-state index is 0.470. The van der Waals surface area contributed by atoms with Gasteiger partial charge in [-0.2, -0.15) is 0 Å². The van der Waals surface area contributed by atoms with E-state index in [4.69, 9.17) is 0 Å². The van der Waals surface area contributed by atoms with Crippen molar-refractivity contribution < 1.29 is 4.79 Å². The van der Waals surface area contributed by atoms with Crippen molar-refractivity contribution in [2.75, 3.05) is 0 Å². The van der Waals surface area contributed by atoms with E-state index in [2.05, 4.69) is 19.1 Å². The Balaban J connectivity index is 2.33. The lowest BCUT2D eigenvalue weighted by molar-refractivity contribution is -0.119. The van der Waals surface area contributed by atoms with E-state index in [1.807, 2.05) is 0 Å². The van der Waals surface area contributed by atoms with E-state index >= 15 is 0 Å². The Labute approximate surface area is 100 Å². The Morgan fingerprint density at radius 1 is 1.00 bits per heavy atom. The lowest BCUT2D eigenvalue weighted by Crippen LogP contribution is -2.04. The zero-order chi connectivity index (χ0) is 11.6. The smallest absolute Gasteiger partial charge is 0.133 e. The molecule has 0 N–H and O–H groups in total. The number of hydrogen-bond donors (Lipinski definition) is 0. The highest BCUT2D eigenvalue weighted by atomic mass is 16.1. The third-order valence-corrected chi connectivity index (χ3v) is 3.36. The molecule has 0 aliphatic heterocycles. The van der Waals surface area contributed by atoms with Crippen LogP contribution in [0.15, 0.2) is 12.2 Å². The molecule has 1 heteroatoms. The third-order valence-electron chi connectivity index (χ3n) is 3.36. The molecule has 16 heavy (non-hydrogen) atoms. The van der Waals surface area contributed by atoms with E-state index in [0.717, 1.165) is 25.7 Å². The second-order valence-electron chi connectivity index (χ2n) is 5.22. The summed E-state index contributed by atoms with van der Waals surface area (Å²) >= 11 is 0. The maximum absolute atomic E-state index is 11.6. The zero-order valence-corrected chi connectivity index (χ0v) is 10.7. The minimum absolute atomic E-state index is 0.470. The molecule has 1 nitrogen and oxygen atoms in total. The van der Waals surface area contributed by atoms with Gasteiger partial charge in [-0.3, -0.25) is 4.79 Å². The molecular weight excluding hydrogens is 196 g/mol. The van der Waals surface area contributed by atoms with Crippen LogP contribution in [0.1, 0.15) is 71.1 Å². The van der Waals surface area contributed by atoms with Crippen molar-refractivity contribution >= 4 is 5.78 Å². The molecule has 0 fully saturated rings. The summed E-state index contributed by atoms with van der Waals surface area (Å²) in [6.45, 7) is 2.19. The highest BCUT2D eigenvalue weighted by molar-refractivity contribution is 5.78. The van der Waals surface area contributed by atoms with Crippen molar-refractivity contribution in [3.05, 3.63) is 12.2 Å². The molecule has 1 aliphatic carbocycles. The van der Waals surface area contributed by atoms with Gasteiger partial charge < -0.3 is 0 Å². The van der Waals surface area contributed by atoms with Crippen LogP contribution >= 0.6 is 0 Å². The molecule has 0 radical (unpaired) electrons. The lowest BCUT2D eigenvalue weighted by Gasteiger charge is -2.08. The summed E-state index contributed by atoms with van der Waals surface area (Å²) in [6.07, 6.45) is 16.2. The maximum atomic E-state index is 11.6. The molecule has 0 bridgehead atoms. The van der Waals surface area contributed by atoms with Crippen molar-refractivity contribution in [2.45, 2.75) is 71.1 Å². The van der Waals surface area contributed by atoms with Gasteiger partial charge in [-0.15, -0.1) is 0 Å². The summed E-state index contributed by atoms with van der Waals surface area (Å²) in [5.41, 5.74) is 0. The van der Waals surface area contributed by atoms with E-state index in [0.29, 0.717) is 11.7 Å². The van der Waals surface area contributed by atoms with Gasteiger partial charge in [0.05, 0.1) is 0 Å². The lowest BCUT2D eigenvalue weighted by atomic mass is 9.97. The van der Waals surface area contributed by atoms with Crippen molar-refractivity contribution in [1.82, 2.24) is 0 Å². The minimum Gasteiger partial charge on any atom is -0.300 e. The molecule has 0 spiro atoms. The highest BCUT2D eigenvalue weighted by Gasteiger charge is 2.07. The summed E-state index contributed by atoms with van der Waals surface area (Å²) in [5, 5.41) is 0. The average molecular weight is 222 g/mol. The van der Waals surface area contributed by atoms with Gasteiger partial charge in [0.2, 0.25) is 0 Å². The van der Waals surface area contributed by atoms with Crippen molar-refractivity contribution in [1.29, 1.82) is 0 Å². The van der Waals surface area contributed by atoms with Crippen LogP contribution in [0.25, 0.3) is 0 Å². The van der Waals surface area contributed by atoms with Crippen LogP contribution in [0.3, 0.4) is 0 Å². The Morgan fingerprint density at radius 2 is 1.69 bits per heavy atom. The van der Waals surface area contributed by atoms with Gasteiger partial charge in [-0.1, -0.05) is 44.8 Å². The van der Waals surface area contributed by atoms with Crippen LogP contribution in [-0.2, 0) is 4.79 Å². The molecule has 0 saturated heterocycles. The number of carbonyl (C=O) groups excluding carboxylic acids is 1. The van der Waals surface area contributed by atoms with Gasteiger partial charge in [0.1, 0.15) is 5.78 Å². The highest BCUT2D eigenvalue weighted by Crippen LogP contribution is 2.15. The van der Waals surface area contributed by atoms with Gasteiger partial charge in [0.15, 0.2) is 0 Å². The number of rotatable bonds is 0. The predicted molar refractivity (Wildman–Crippen MR) is 69.5 cm³/mol. The van der Waals surface area contributed by atoms with Crippen LogP contribution in [0, 0.1) is 5.92 Å². The molecule has 0 aromatic rings. The second kappa shape index (κ2) is 8.55. The summed E-state index contributed by atoms with van der Waals surface area (Å²) in [6, 6.07) is 0. The fourth-order valence-electron chi connectivity index (χ4n) is 2.31. The van der Waals surface area contributed by atoms with E-state index < -0.39 is 0 Å². The van der Waals surface area contributed by atoms with Crippen LogP contribution in [0.4, 0.5) is 0 Å². The molecule has 0 saturated carbocycles. The fourth-order valence-corrected chi connectivity index (χ4v) is 2.31. The third kappa shape index (κ3) is 6.81. The van der Waals surface area contributed by atoms with Crippen LogP contribution < -0.4 is 0 Å². The molecule has 1 rings (SSSR count). The number of ketones is 1. The Kier molecular flexibility index (Phi) is 7.20. The van der Waals surface area contributed by atoms with E-state index in [9.17, 15) is 4.79 Å². The predicted octanol–water partition coefficient (Wildman–Crippen LogP) is 4.66. The number of Topliss-reactive ketones (excluding diaryl/α,β-unsaturated/α-hetero) is 1.